The molecular weight excluding hydrogens is 514 g/mol. The van der Waals surface area contributed by atoms with Gasteiger partial charge < -0.3 is 14.0 Å². The number of ether oxygens (including phenoxy) is 2. The van der Waals surface area contributed by atoms with Crippen LogP contribution < -0.4 is 15.0 Å². The predicted octanol–water partition coefficient (Wildman–Crippen LogP) is 4.82. The second kappa shape index (κ2) is 9.94. The fourth-order valence-corrected chi connectivity index (χ4v) is 6.07. The number of benzene rings is 1. The summed E-state index contributed by atoms with van der Waals surface area (Å²) in [6, 6.07) is 11.6. The number of hydroxylamine groups is 1. The van der Waals surface area contributed by atoms with Crippen molar-refractivity contribution in [2.75, 3.05) is 20.2 Å². The summed E-state index contributed by atoms with van der Waals surface area (Å²) in [6.45, 7) is 2.68. The van der Waals surface area contributed by atoms with Crippen LogP contribution in [0.25, 0.3) is 10.3 Å². The van der Waals surface area contributed by atoms with Crippen molar-refractivity contribution in [3.63, 3.8) is 0 Å². The smallest absolute Gasteiger partial charge is 0.285 e. The average Bonchev–Trinajstić information content (AvgIpc) is 3.60. The number of likely N-dealkylation sites (tertiary alicyclic amines) is 1. The second-order valence-electron chi connectivity index (χ2n) is 9.22. The molecule has 0 aliphatic carbocycles. The van der Waals surface area contributed by atoms with Gasteiger partial charge in [-0.1, -0.05) is 23.7 Å². The van der Waals surface area contributed by atoms with Gasteiger partial charge in [0.25, 0.3) is 12.2 Å². The number of hydrogen-bond donors (Lipinski definition) is 1. The van der Waals surface area contributed by atoms with Crippen LogP contribution in [0.4, 0.5) is 0 Å². The minimum Gasteiger partial charge on any atom is -0.445 e. The Kier molecular flexibility index (Phi) is 6.49. The van der Waals surface area contributed by atoms with Crippen molar-refractivity contribution in [2.24, 2.45) is 7.05 Å². The third-order valence-corrected chi connectivity index (χ3v) is 8.18. The SMILES string of the molecule is CONC(=O)c1cc2c(nc(CN3CCC(c4cccc5c4OC(c4ccc(Cl)cn4)O5)CC3)n2C)s1. The molecule has 5 heterocycles. The maximum absolute atomic E-state index is 12.1. The molecule has 2 aliphatic heterocycles. The molecule has 2 aliphatic rings. The van der Waals surface area contributed by atoms with Gasteiger partial charge in [-0.25, -0.2) is 10.5 Å². The van der Waals surface area contributed by atoms with Crippen LogP contribution in [0.1, 0.15) is 51.8 Å². The van der Waals surface area contributed by atoms with Crippen LogP contribution in [-0.2, 0) is 18.4 Å². The molecule has 1 atom stereocenters. The van der Waals surface area contributed by atoms with Gasteiger partial charge >= 0.3 is 0 Å². The molecule has 0 bridgehead atoms. The molecule has 11 heteroatoms. The fraction of sp³-hybridized carbons (Fsp3) is 0.346. The number of aryl methyl sites for hydroxylation is 1. The molecule has 37 heavy (non-hydrogen) atoms. The van der Waals surface area contributed by atoms with E-state index >= 15 is 0 Å². The molecule has 6 rings (SSSR count). The van der Waals surface area contributed by atoms with E-state index in [1.807, 2.05) is 31.3 Å². The van der Waals surface area contributed by atoms with Gasteiger partial charge in [0.05, 0.1) is 29.1 Å². The van der Waals surface area contributed by atoms with Crippen molar-refractivity contribution < 1.29 is 19.1 Å². The molecule has 1 aromatic carbocycles. The van der Waals surface area contributed by atoms with Gasteiger partial charge in [-0.05, 0) is 56.1 Å². The van der Waals surface area contributed by atoms with Crippen LogP contribution in [0.15, 0.2) is 42.6 Å². The Labute approximate surface area is 222 Å². The van der Waals surface area contributed by atoms with Crippen molar-refractivity contribution in [1.29, 1.82) is 0 Å². The number of halogens is 1. The Bertz CT molecular complexity index is 1450. The lowest BCUT2D eigenvalue weighted by Gasteiger charge is -2.32. The number of para-hydroxylation sites is 1. The molecule has 1 amide bonds. The van der Waals surface area contributed by atoms with E-state index in [0.717, 1.165) is 60.1 Å². The quantitative estimate of drug-likeness (QED) is 0.351. The van der Waals surface area contributed by atoms with Gasteiger partial charge in [-0.15, -0.1) is 11.3 Å². The van der Waals surface area contributed by atoms with Crippen molar-refractivity contribution >= 4 is 39.2 Å². The number of fused-ring (bicyclic) bond motifs is 2. The van der Waals surface area contributed by atoms with Crippen LogP contribution in [0.3, 0.4) is 0 Å². The number of piperidine rings is 1. The summed E-state index contributed by atoms with van der Waals surface area (Å²) in [7, 11) is 3.42. The van der Waals surface area contributed by atoms with E-state index in [2.05, 4.69) is 26.0 Å². The summed E-state index contributed by atoms with van der Waals surface area (Å²) < 4.78 is 14.4. The van der Waals surface area contributed by atoms with Gasteiger partial charge in [0, 0.05) is 18.8 Å². The van der Waals surface area contributed by atoms with E-state index in [1.165, 1.54) is 24.0 Å². The zero-order valence-corrected chi connectivity index (χ0v) is 22.0. The first-order valence-corrected chi connectivity index (χ1v) is 13.3. The summed E-state index contributed by atoms with van der Waals surface area (Å²) in [4.78, 5) is 29.8. The second-order valence-corrected chi connectivity index (χ2v) is 10.7. The topological polar surface area (TPSA) is 90.7 Å². The highest BCUT2D eigenvalue weighted by Gasteiger charge is 2.32. The van der Waals surface area contributed by atoms with Gasteiger partial charge in [0.2, 0.25) is 0 Å². The Balaban J connectivity index is 1.11. The molecule has 1 saturated heterocycles. The average molecular weight is 540 g/mol. The third-order valence-electron chi connectivity index (χ3n) is 6.94. The highest BCUT2D eigenvalue weighted by molar-refractivity contribution is 7.20. The van der Waals surface area contributed by atoms with E-state index in [4.69, 9.17) is 30.9 Å². The largest absolute Gasteiger partial charge is 0.445 e. The number of amides is 1. The van der Waals surface area contributed by atoms with Crippen molar-refractivity contribution in [1.82, 2.24) is 24.9 Å². The van der Waals surface area contributed by atoms with Crippen LogP contribution >= 0.6 is 22.9 Å². The van der Waals surface area contributed by atoms with Gasteiger partial charge in [-0.2, -0.15) is 0 Å². The number of pyridine rings is 1. The van der Waals surface area contributed by atoms with E-state index in [1.54, 1.807) is 12.3 Å². The van der Waals surface area contributed by atoms with Crippen molar-refractivity contribution in [3.8, 4) is 11.5 Å². The van der Waals surface area contributed by atoms with Gasteiger partial charge in [-0.3, -0.25) is 19.5 Å². The number of carbonyl (C=O) groups excluding carboxylic acids is 1. The molecule has 192 valence electrons. The van der Waals surface area contributed by atoms with Crippen LogP contribution in [0, 0.1) is 0 Å². The number of nitrogens with zero attached hydrogens (tertiary/aromatic N) is 4. The number of carbonyl (C=O) groups is 1. The molecule has 9 nitrogen and oxygen atoms in total. The van der Waals surface area contributed by atoms with E-state index in [-0.39, 0.29) is 5.91 Å². The molecule has 1 N–H and O–H groups in total. The van der Waals surface area contributed by atoms with E-state index in [9.17, 15) is 4.79 Å². The molecule has 1 fully saturated rings. The Morgan fingerprint density at radius 3 is 2.81 bits per heavy atom. The molecular formula is C26H26ClN5O4S. The highest BCUT2D eigenvalue weighted by Crippen LogP contribution is 2.47. The summed E-state index contributed by atoms with van der Waals surface area (Å²) in [5.74, 6) is 2.70. The van der Waals surface area contributed by atoms with Crippen LogP contribution in [-0.4, -0.2) is 45.5 Å². The summed E-state index contributed by atoms with van der Waals surface area (Å²) in [6.07, 6.45) is 3.07. The minimum absolute atomic E-state index is 0.258. The number of imidazole rings is 1. The first-order valence-electron chi connectivity index (χ1n) is 12.1. The lowest BCUT2D eigenvalue weighted by Crippen LogP contribution is -2.33. The number of nitrogens with one attached hydrogen (secondary N) is 1. The van der Waals surface area contributed by atoms with Crippen molar-refractivity contribution in [3.05, 3.63) is 69.6 Å². The first kappa shape index (κ1) is 24.2. The summed E-state index contributed by atoms with van der Waals surface area (Å²) >= 11 is 7.35. The van der Waals surface area contributed by atoms with E-state index in [0.29, 0.717) is 21.5 Å². The number of rotatable bonds is 6. The lowest BCUT2D eigenvalue weighted by molar-refractivity contribution is 0.0438. The standard InChI is InChI=1S/C26H26ClN5O4S/c1-31-19-12-21(24(33)30-34-2)37-25(19)29-22(31)14-32-10-8-15(9-11-32)17-4-3-5-20-23(17)36-26(35-20)18-7-6-16(27)13-28-18/h3-7,12-13,15,26H,8-11,14H2,1-2H3,(H,30,33). The zero-order valence-electron chi connectivity index (χ0n) is 20.4. The predicted molar refractivity (Wildman–Crippen MR) is 140 cm³/mol. The Morgan fingerprint density at radius 1 is 1.24 bits per heavy atom. The molecule has 0 radical (unpaired) electrons. The number of hydrogen-bond acceptors (Lipinski definition) is 8. The number of aromatic nitrogens is 3. The van der Waals surface area contributed by atoms with Gasteiger partial charge in [0.15, 0.2) is 11.5 Å². The van der Waals surface area contributed by atoms with Crippen molar-refractivity contribution in [2.45, 2.75) is 31.6 Å². The Morgan fingerprint density at radius 2 is 2.08 bits per heavy atom. The maximum Gasteiger partial charge on any atom is 0.285 e. The molecule has 0 spiro atoms. The zero-order chi connectivity index (χ0) is 25.5. The third kappa shape index (κ3) is 4.66. The lowest BCUT2D eigenvalue weighted by atomic mass is 9.88. The fourth-order valence-electron chi connectivity index (χ4n) is 4.99. The van der Waals surface area contributed by atoms with Gasteiger partial charge in [0.1, 0.15) is 16.3 Å². The van der Waals surface area contributed by atoms with E-state index < -0.39 is 6.29 Å². The number of thiophene rings is 1. The highest BCUT2D eigenvalue weighted by atomic mass is 35.5. The summed E-state index contributed by atoms with van der Waals surface area (Å²) in [5, 5.41) is 0.580. The Hall–Kier alpha value is -3.18. The maximum atomic E-state index is 12.1. The monoisotopic (exact) mass is 539 g/mol. The molecule has 1 unspecified atom stereocenters. The summed E-state index contributed by atoms with van der Waals surface area (Å²) in [5.41, 5.74) is 5.20. The molecule has 3 aromatic heterocycles. The first-order chi connectivity index (χ1) is 18.0. The minimum atomic E-state index is -0.563. The van der Waals surface area contributed by atoms with Crippen LogP contribution in [0.2, 0.25) is 5.02 Å². The molecule has 4 aromatic rings. The normalized spacial score (nSPS) is 18.0. The van der Waals surface area contributed by atoms with Crippen LogP contribution in [0.5, 0.6) is 11.5 Å². The molecule has 0 saturated carbocycles.